The number of carbonyl (C=O) groups excluding carboxylic acids is 2. The lowest BCUT2D eigenvalue weighted by atomic mass is 9.97. The predicted molar refractivity (Wildman–Crippen MR) is 106 cm³/mol. The number of anilines is 1. The van der Waals surface area contributed by atoms with Gasteiger partial charge in [-0.15, -0.1) is 10.2 Å². The first kappa shape index (κ1) is 19.2. The highest BCUT2D eigenvalue weighted by atomic mass is 16.2. The Hall–Kier alpha value is -3.55. The van der Waals surface area contributed by atoms with Gasteiger partial charge in [-0.25, -0.2) is 0 Å². The molecule has 0 aliphatic heterocycles. The molecule has 3 aromatic rings. The van der Waals surface area contributed by atoms with Crippen molar-refractivity contribution < 1.29 is 9.59 Å². The van der Waals surface area contributed by atoms with Crippen LogP contribution in [-0.4, -0.2) is 32.0 Å². The van der Waals surface area contributed by atoms with Crippen molar-refractivity contribution in [3.8, 4) is 11.4 Å². The molecule has 144 valence electrons. The number of benzene rings is 2. The van der Waals surface area contributed by atoms with Crippen molar-refractivity contribution in [3.05, 3.63) is 59.7 Å². The standard InChI is InChI=1S/C20H22N6O2/c1-3-13(2)16-6-4-5-7-17(16)22-18(27)12-26-24-20(23-25-26)15-10-8-14(9-11-15)19(21)28/h4-11,13H,3,12H2,1-2H3,(H2,21,28)(H,22,27)/t13-/m0/s1. The smallest absolute Gasteiger partial charge is 0.248 e. The van der Waals surface area contributed by atoms with Crippen molar-refractivity contribution in [1.82, 2.24) is 20.2 Å². The van der Waals surface area contributed by atoms with Crippen LogP contribution >= 0.6 is 0 Å². The Morgan fingerprint density at radius 1 is 1.14 bits per heavy atom. The molecule has 1 aromatic heterocycles. The number of carbonyl (C=O) groups is 2. The van der Waals surface area contributed by atoms with Gasteiger partial charge >= 0.3 is 0 Å². The summed E-state index contributed by atoms with van der Waals surface area (Å²) in [6.45, 7) is 4.18. The molecule has 0 saturated heterocycles. The van der Waals surface area contributed by atoms with Gasteiger partial charge in [-0.05, 0) is 41.3 Å². The van der Waals surface area contributed by atoms with Crippen LogP contribution in [0.25, 0.3) is 11.4 Å². The van der Waals surface area contributed by atoms with Gasteiger partial charge in [-0.1, -0.05) is 44.2 Å². The third-order valence-electron chi connectivity index (χ3n) is 4.54. The first-order valence-electron chi connectivity index (χ1n) is 9.04. The topological polar surface area (TPSA) is 116 Å². The van der Waals surface area contributed by atoms with Crippen LogP contribution in [0.4, 0.5) is 5.69 Å². The lowest BCUT2D eigenvalue weighted by Gasteiger charge is -2.15. The molecule has 0 radical (unpaired) electrons. The highest BCUT2D eigenvalue weighted by Gasteiger charge is 2.13. The van der Waals surface area contributed by atoms with Gasteiger partial charge in [-0.3, -0.25) is 9.59 Å². The summed E-state index contributed by atoms with van der Waals surface area (Å²) in [5, 5.41) is 15.0. The zero-order valence-electron chi connectivity index (χ0n) is 15.8. The lowest BCUT2D eigenvalue weighted by molar-refractivity contribution is -0.117. The summed E-state index contributed by atoms with van der Waals surface area (Å²) in [7, 11) is 0. The summed E-state index contributed by atoms with van der Waals surface area (Å²) in [6, 6.07) is 14.3. The molecule has 1 atom stereocenters. The second-order valence-corrected chi connectivity index (χ2v) is 6.53. The van der Waals surface area contributed by atoms with Gasteiger partial charge in [0.15, 0.2) is 0 Å². The van der Waals surface area contributed by atoms with Crippen LogP contribution in [0.3, 0.4) is 0 Å². The minimum atomic E-state index is -0.502. The van der Waals surface area contributed by atoms with E-state index in [0.29, 0.717) is 22.9 Å². The highest BCUT2D eigenvalue weighted by Crippen LogP contribution is 2.26. The van der Waals surface area contributed by atoms with Crippen molar-refractivity contribution in [2.24, 2.45) is 5.73 Å². The third kappa shape index (κ3) is 4.40. The molecule has 0 unspecified atom stereocenters. The molecule has 8 heteroatoms. The monoisotopic (exact) mass is 378 g/mol. The van der Waals surface area contributed by atoms with E-state index in [1.165, 1.54) is 4.80 Å². The SMILES string of the molecule is CC[C@H](C)c1ccccc1NC(=O)Cn1nnc(-c2ccc(C(N)=O)cc2)n1. The Labute approximate surface area is 162 Å². The van der Waals surface area contributed by atoms with E-state index >= 15 is 0 Å². The zero-order chi connectivity index (χ0) is 20.1. The number of aromatic nitrogens is 4. The molecule has 0 aliphatic rings. The number of nitrogens with zero attached hydrogens (tertiary/aromatic N) is 4. The molecule has 0 spiro atoms. The normalized spacial score (nSPS) is 11.8. The average Bonchev–Trinajstić information content (AvgIpc) is 3.16. The van der Waals surface area contributed by atoms with E-state index in [4.69, 9.17) is 5.73 Å². The molecule has 0 fully saturated rings. The molecular formula is C20H22N6O2. The fourth-order valence-corrected chi connectivity index (χ4v) is 2.79. The van der Waals surface area contributed by atoms with Crippen LogP contribution < -0.4 is 11.1 Å². The first-order valence-corrected chi connectivity index (χ1v) is 9.04. The number of nitrogens with one attached hydrogen (secondary N) is 1. The van der Waals surface area contributed by atoms with Crippen LogP contribution in [-0.2, 0) is 11.3 Å². The Bertz CT molecular complexity index is 980. The first-order chi connectivity index (χ1) is 13.5. The number of hydrogen-bond acceptors (Lipinski definition) is 5. The maximum atomic E-state index is 12.4. The Morgan fingerprint density at radius 2 is 1.86 bits per heavy atom. The third-order valence-corrected chi connectivity index (χ3v) is 4.54. The number of amides is 2. The van der Waals surface area contributed by atoms with Crippen molar-refractivity contribution in [2.45, 2.75) is 32.7 Å². The number of hydrogen-bond donors (Lipinski definition) is 2. The minimum absolute atomic E-state index is 0.0544. The minimum Gasteiger partial charge on any atom is -0.366 e. The molecule has 0 bridgehead atoms. The van der Waals surface area contributed by atoms with Crippen LogP contribution in [0, 0.1) is 0 Å². The number of primary amides is 1. The zero-order valence-corrected chi connectivity index (χ0v) is 15.8. The van der Waals surface area contributed by atoms with Gasteiger partial charge in [0.25, 0.3) is 0 Å². The van der Waals surface area contributed by atoms with E-state index in [1.54, 1.807) is 24.3 Å². The average molecular weight is 378 g/mol. The van der Waals surface area contributed by atoms with E-state index in [2.05, 4.69) is 34.6 Å². The summed E-state index contributed by atoms with van der Waals surface area (Å²) >= 11 is 0. The highest BCUT2D eigenvalue weighted by molar-refractivity contribution is 5.93. The van der Waals surface area contributed by atoms with E-state index in [0.717, 1.165) is 17.7 Å². The molecule has 3 N–H and O–H groups in total. The predicted octanol–water partition coefficient (Wildman–Crippen LogP) is 2.59. The second-order valence-electron chi connectivity index (χ2n) is 6.53. The van der Waals surface area contributed by atoms with E-state index in [-0.39, 0.29) is 12.5 Å². The van der Waals surface area contributed by atoms with E-state index < -0.39 is 5.91 Å². The largest absolute Gasteiger partial charge is 0.366 e. The fraction of sp³-hybridized carbons (Fsp3) is 0.250. The summed E-state index contributed by atoms with van der Waals surface area (Å²) in [4.78, 5) is 24.8. The lowest BCUT2D eigenvalue weighted by Crippen LogP contribution is -2.21. The molecule has 0 aliphatic carbocycles. The summed E-state index contributed by atoms with van der Waals surface area (Å²) in [5.74, 6) is -0.0268. The van der Waals surface area contributed by atoms with Crippen molar-refractivity contribution in [1.29, 1.82) is 0 Å². The van der Waals surface area contributed by atoms with Gasteiger partial charge in [-0.2, -0.15) is 4.80 Å². The van der Waals surface area contributed by atoms with E-state index in [1.807, 2.05) is 24.3 Å². The quantitative estimate of drug-likeness (QED) is 0.655. The fourth-order valence-electron chi connectivity index (χ4n) is 2.79. The number of para-hydroxylation sites is 1. The Kier molecular flexibility index (Phi) is 5.78. The Morgan fingerprint density at radius 3 is 2.54 bits per heavy atom. The molecule has 3 rings (SSSR count). The number of nitrogens with two attached hydrogens (primary N) is 1. The summed E-state index contributed by atoms with van der Waals surface area (Å²) in [5.41, 5.74) is 8.20. The van der Waals surface area contributed by atoms with Crippen LogP contribution in [0.2, 0.25) is 0 Å². The Balaban J connectivity index is 1.68. The molecular weight excluding hydrogens is 356 g/mol. The van der Waals surface area contributed by atoms with Crippen molar-refractivity contribution in [2.75, 3.05) is 5.32 Å². The maximum absolute atomic E-state index is 12.4. The molecule has 0 saturated carbocycles. The second kappa shape index (κ2) is 8.43. The van der Waals surface area contributed by atoms with Crippen LogP contribution in [0.15, 0.2) is 48.5 Å². The molecule has 2 aromatic carbocycles. The number of rotatable bonds is 7. The maximum Gasteiger partial charge on any atom is 0.248 e. The summed E-state index contributed by atoms with van der Waals surface area (Å²) in [6.07, 6.45) is 0.982. The molecule has 1 heterocycles. The summed E-state index contributed by atoms with van der Waals surface area (Å²) < 4.78 is 0. The van der Waals surface area contributed by atoms with Gasteiger partial charge in [0, 0.05) is 16.8 Å². The molecule has 28 heavy (non-hydrogen) atoms. The van der Waals surface area contributed by atoms with Crippen molar-refractivity contribution in [3.63, 3.8) is 0 Å². The van der Waals surface area contributed by atoms with E-state index in [9.17, 15) is 9.59 Å². The van der Waals surface area contributed by atoms with Gasteiger partial charge < -0.3 is 11.1 Å². The van der Waals surface area contributed by atoms with Gasteiger partial charge in [0.1, 0.15) is 6.54 Å². The van der Waals surface area contributed by atoms with Crippen LogP contribution in [0.5, 0.6) is 0 Å². The van der Waals surface area contributed by atoms with Gasteiger partial charge in [0.2, 0.25) is 17.6 Å². The van der Waals surface area contributed by atoms with Crippen LogP contribution in [0.1, 0.15) is 42.1 Å². The van der Waals surface area contributed by atoms with Crippen molar-refractivity contribution >= 4 is 17.5 Å². The molecule has 2 amide bonds. The molecule has 8 nitrogen and oxygen atoms in total. The van der Waals surface area contributed by atoms with Gasteiger partial charge in [0.05, 0.1) is 0 Å². The number of tetrazole rings is 1.